The maximum Gasteiger partial charge on any atom is 0.229 e. The first kappa shape index (κ1) is 22.7. The molecule has 0 heterocycles. The summed E-state index contributed by atoms with van der Waals surface area (Å²) in [4.78, 5) is 12.8. The Kier molecular flexibility index (Phi) is 7.60. The summed E-state index contributed by atoms with van der Waals surface area (Å²) in [7, 11) is -3.34. The molecular weight excluding hydrogens is 408 g/mol. The Morgan fingerprint density at radius 2 is 1.35 bits per heavy atom. The molecule has 0 saturated carbocycles. The maximum absolute atomic E-state index is 12.8. The van der Waals surface area contributed by atoms with Crippen molar-refractivity contribution in [3.63, 3.8) is 0 Å². The molecule has 0 aliphatic carbocycles. The summed E-state index contributed by atoms with van der Waals surface area (Å²) < 4.78 is 25.0. The predicted molar refractivity (Wildman–Crippen MR) is 126 cm³/mol. The molecule has 6 heteroatoms. The van der Waals surface area contributed by atoms with Crippen LogP contribution in [0.3, 0.4) is 0 Å². The molecule has 31 heavy (non-hydrogen) atoms. The molecule has 0 saturated heterocycles. The van der Waals surface area contributed by atoms with Gasteiger partial charge in [0.2, 0.25) is 10.0 Å². The van der Waals surface area contributed by atoms with Gasteiger partial charge in [-0.3, -0.25) is 9.52 Å². The standard InChI is InChI=1S/C25H28N2O3S/c1-19(25(28)22-13-15-23(16-14-22)27-31(2,29)30)26-18-17-24(20-9-5-3-6-10-20)21-11-7-4-8-12-21/h3-16,19,24,26-27H,17-18H2,1-2H3/t19-/m0/s1. The number of hydrogen-bond donors (Lipinski definition) is 2. The van der Waals surface area contributed by atoms with Crippen LogP contribution in [-0.4, -0.2) is 33.0 Å². The van der Waals surface area contributed by atoms with Crippen molar-refractivity contribution < 1.29 is 13.2 Å². The van der Waals surface area contributed by atoms with Gasteiger partial charge in [0.05, 0.1) is 12.3 Å². The highest BCUT2D eigenvalue weighted by Crippen LogP contribution is 2.27. The summed E-state index contributed by atoms with van der Waals surface area (Å²) in [6.07, 6.45) is 1.96. The van der Waals surface area contributed by atoms with E-state index in [4.69, 9.17) is 0 Å². The summed E-state index contributed by atoms with van der Waals surface area (Å²) in [5.74, 6) is 0.223. The zero-order valence-electron chi connectivity index (χ0n) is 17.8. The molecule has 0 fully saturated rings. The Hall–Kier alpha value is -2.96. The molecule has 162 valence electrons. The van der Waals surface area contributed by atoms with Gasteiger partial charge >= 0.3 is 0 Å². The topological polar surface area (TPSA) is 75.3 Å². The Morgan fingerprint density at radius 1 is 0.839 bits per heavy atom. The van der Waals surface area contributed by atoms with Gasteiger partial charge in [-0.1, -0.05) is 60.7 Å². The van der Waals surface area contributed by atoms with Gasteiger partial charge in [0.15, 0.2) is 5.78 Å². The van der Waals surface area contributed by atoms with Crippen molar-refractivity contribution >= 4 is 21.5 Å². The molecule has 2 N–H and O–H groups in total. The Morgan fingerprint density at radius 3 is 1.84 bits per heavy atom. The molecule has 0 bridgehead atoms. The Labute approximate surface area is 184 Å². The fourth-order valence-corrected chi connectivity index (χ4v) is 4.16. The lowest BCUT2D eigenvalue weighted by atomic mass is 9.88. The van der Waals surface area contributed by atoms with Crippen molar-refractivity contribution in [3.05, 3.63) is 102 Å². The smallest absolute Gasteiger partial charge is 0.229 e. The molecule has 3 aromatic carbocycles. The van der Waals surface area contributed by atoms with Gasteiger partial charge in [-0.25, -0.2) is 8.42 Å². The molecule has 0 amide bonds. The van der Waals surface area contributed by atoms with E-state index in [9.17, 15) is 13.2 Å². The third-order valence-corrected chi connectivity index (χ3v) is 5.76. The number of anilines is 1. The van der Waals surface area contributed by atoms with Gasteiger partial charge in [-0.2, -0.15) is 0 Å². The SMILES string of the molecule is C[C@H](NCCC(c1ccccc1)c1ccccc1)C(=O)c1ccc(NS(C)(=O)=O)cc1. The van der Waals surface area contributed by atoms with Crippen molar-refractivity contribution in [2.45, 2.75) is 25.3 Å². The number of carbonyl (C=O) groups excluding carboxylic acids is 1. The van der Waals surface area contributed by atoms with Gasteiger partial charge in [0, 0.05) is 17.2 Å². The number of ketones is 1. The van der Waals surface area contributed by atoms with E-state index in [0.717, 1.165) is 12.7 Å². The van der Waals surface area contributed by atoms with E-state index in [-0.39, 0.29) is 17.7 Å². The summed E-state index contributed by atoms with van der Waals surface area (Å²) >= 11 is 0. The molecule has 0 aromatic heterocycles. The summed E-state index contributed by atoms with van der Waals surface area (Å²) in [6.45, 7) is 2.54. The van der Waals surface area contributed by atoms with Crippen LogP contribution in [0.25, 0.3) is 0 Å². The predicted octanol–water partition coefficient (Wildman–Crippen LogP) is 4.44. The molecule has 3 rings (SSSR count). The fourth-order valence-electron chi connectivity index (χ4n) is 3.60. The number of rotatable bonds is 10. The number of carbonyl (C=O) groups is 1. The lowest BCUT2D eigenvalue weighted by Gasteiger charge is -2.20. The summed E-state index contributed by atoms with van der Waals surface area (Å²) in [5.41, 5.74) is 3.49. The van der Waals surface area contributed by atoms with Gasteiger partial charge in [0.1, 0.15) is 0 Å². The van der Waals surface area contributed by atoms with E-state index in [0.29, 0.717) is 17.8 Å². The van der Waals surface area contributed by atoms with Crippen molar-refractivity contribution in [2.75, 3.05) is 17.5 Å². The summed E-state index contributed by atoms with van der Waals surface area (Å²) in [6, 6.07) is 26.9. The molecule has 0 unspecified atom stereocenters. The molecule has 5 nitrogen and oxygen atoms in total. The summed E-state index contributed by atoms with van der Waals surface area (Å²) in [5, 5.41) is 3.34. The lowest BCUT2D eigenvalue weighted by Crippen LogP contribution is -2.35. The number of Topliss-reactive ketones (excluding diaryl/α,β-unsaturated/α-hetero) is 1. The zero-order valence-corrected chi connectivity index (χ0v) is 18.6. The minimum absolute atomic E-state index is 0.0260. The van der Waals surface area contributed by atoms with Crippen molar-refractivity contribution in [3.8, 4) is 0 Å². The van der Waals surface area contributed by atoms with Gasteiger partial charge in [0.25, 0.3) is 0 Å². The Balaban J connectivity index is 1.61. The number of hydrogen-bond acceptors (Lipinski definition) is 4. The van der Waals surface area contributed by atoms with Crippen LogP contribution in [0.5, 0.6) is 0 Å². The lowest BCUT2D eigenvalue weighted by molar-refractivity contribution is 0.0951. The average Bonchev–Trinajstić information content (AvgIpc) is 2.77. The average molecular weight is 437 g/mol. The van der Waals surface area contributed by atoms with Crippen molar-refractivity contribution in [1.29, 1.82) is 0 Å². The number of sulfonamides is 1. The highest BCUT2D eigenvalue weighted by Gasteiger charge is 2.17. The largest absolute Gasteiger partial charge is 0.307 e. The van der Waals surface area contributed by atoms with Crippen molar-refractivity contribution in [1.82, 2.24) is 5.32 Å². The van der Waals surface area contributed by atoms with E-state index >= 15 is 0 Å². The molecule has 0 aliphatic heterocycles. The highest BCUT2D eigenvalue weighted by atomic mass is 32.2. The number of benzene rings is 3. The Bertz CT molecular complexity index is 1040. The third-order valence-electron chi connectivity index (χ3n) is 5.15. The van der Waals surface area contributed by atoms with E-state index in [1.807, 2.05) is 43.3 Å². The molecule has 0 spiro atoms. The van der Waals surface area contributed by atoms with Crippen LogP contribution >= 0.6 is 0 Å². The van der Waals surface area contributed by atoms with Crippen LogP contribution in [0.1, 0.15) is 40.7 Å². The maximum atomic E-state index is 12.8. The third kappa shape index (κ3) is 6.77. The van der Waals surface area contributed by atoms with Crippen LogP contribution in [-0.2, 0) is 10.0 Å². The highest BCUT2D eigenvalue weighted by molar-refractivity contribution is 7.92. The quantitative estimate of drug-likeness (QED) is 0.461. The first-order chi connectivity index (χ1) is 14.8. The van der Waals surface area contributed by atoms with Crippen LogP contribution in [0.2, 0.25) is 0 Å². The zero-order chi connectivity index (χ0) is 22.3. The molecule has 0 aliphatic rings. The van der Waals surface area contributed by atoms with Gasteiger partial charge in [-0.15, -0.1) is 0 Å². The number of nitrogens with one attached hydrogen (secondary N) is 2. The first-order valence-corrected chi connectivity index (χ1v) is 12.2. The minimum atomic E-state index is -3.34. The second kappa shape index (κ2) is 10.4. The van der Waals surface area contributed by atoms with Gasteiger partial charge < -0.3 is 5.32 Å². The van der Waals surface area contributed by atoms with E-state index in [1.165, 1.54) is 11.1 Å². The normalized spacial score (nSPS) is 12.5. The minimum Gasteiger partial charge on any atom is -0.307 e. The van der Waals surface area contributed by atoms with Crippen LogP contribution < -0.4 is 10.0 Å². The van der Waals surface area contributed by atoms with E-state index < -0.39 is 10.0 Å². The van der Waals surface area contributed by atoms with Crippen LogP contribution in [0, 0.1) is 0 Å². The second-order valence-corrected chi connectivity index (χ2v) is 9.40. The van der Waals surface area contributed by atoms with E-state index in [2.05, 4.69) is 34.3 Å². The molecule has 1 atom stereocenters. The van der Waals surface area contributed by atoms with E-state index in [1.54, 1.807) is 24.3 Å². The monoisotopic (exact) mass is 436 g/mol. The van der Waals surface area contributed by atoms with Crippen LogP contribution in [0.15, 0.2) is 84.9 Å². The van der Waals surface area contributed by atoms with Gasteiger partial charge in [-0.05, 0) is 55.3 Å². The van der Waals surface area contributed by atoms with Crippen molar-refractivity contribution in [2.24, 2.45) is 0 Å². The molecular formula is C25H28N2O3S. The molecule has 0 radical (unpaired) electrons. The van der Waals surface area contributed by atoms with Crippen LogP contribution in [0.4, 0.5) is 5.69 Å². The molecule has 3 aromatic rings. The second-order valence-electron chi connectivity index (χ2n) is 7.65. The fraction of sp³-hybridized carbons (Fsp3) is 0.240. The first-order valence-electron chi connectivity index (χ1n) is 10.3.